The van der Waals surface area contributed by atoms with Crippen molar-refractivity contribution in [2.75, 3.05) is 62.3 Å². The average molecular weight is 462 g/mol. The summed E-state index contributed by atoms with van der Waals surface area (Å²) in [6, 6.07) is 15.3. The van der Waals surface area contributed by atoms with E-state index in [0.717, 1.165) is 57.6 Å². The Balaban J connectivity index is 1.27. The Labute approximate surface area is 192 Å². The van der Waals surface area contributed by atoms with Crippen molar-refractivity contribution in [3.8, 4) is 11.5 Å². The Morgan fingerprint density at radius 3 is 2.44 bits per heavy atom. The van der Waals surface area contributed by atoms with Gasteiger partial charge in [0.05, 0.1) is 31.3 Å². The van der Waals surface area contributed by atoms with Gasteiger partial charge in [0.15, 0.2) is 0 Å². The highest BCUT2D eigenvalue weighted by atomic mass is 32.2. The molecular weight excluding hydrogens is 426 g/mol. The molecule has 0 radical (unpaired) electrons. The molecule has 0 atom stereocenters. The normalized spacial score (nSPS) is 14.9. The van der Waals surface area contributed by atoms with Crippen LogP contribution < -0.4 is 19.1 Å². The first-order chi connectivity index (χ1) is 15.4. The lowest BCUT2D eigenvalue weighted by molar-refractivity contribution is 0.249. The molecule has 2 aromatic carbocycles. The first-order valence-corrected chi connectivity index (χ1v) is 13.1. The van der Waals surface area contributed by atoms with Gasteiger partial charge in [0.2, 0.25) is 10.0 Å². The summed E-state index contributed by atoms with van der Waals surface area (Å²) in [6.45, 7) is 6.00. The molecule has 0 aromatic heterocycles. The molecule has 1 fully saturated rings. The molecule has 1 aliphatic rings. The van der Waals surface area contributed by atoms with Gasteiger partial charge in [0.1, 0.15) is 11.5 Å². The van der Waals surface area contributed by atoms with Crippen LogP contribution in [0.4, 0.5) is 11.4 Å². The summed E-state index contributed by atoms with van der Waals surface area (Å²) in [4.78, 5) is 4.95. The Hall–Kier alpha value is -2.45. The third kappa shape index (κ3) is 7.91. The number of methoxy groups -OCH3 is 1. The van der Waals surface area contributed by atoms with Gasteiger partial charge in [-0.2, -0.15) is 0 Å². The molecule has 1 heterocycles. The number of hydrogen-bond donors (Lipinski definition) is 1. The highest BCUT2D eigenvalue weighted by Crippen LogP contribution is 2.28. The molecule has 1 aliphatic heterocycles. The highest BCUT2D eigenvalue weighted by molar-refractivity contribution is 7.92. The number of rotatable bonds is 12. The van der Waals surface area contributed by atoms with E-state index in [1.54, 1.807) is 25.3 Å². The number of anilines is 2. The van der Waals surface area contributed by atoms with Gasteiger partial charge in [-0.25, -0.2) is 8.42 Å². The third-order valence-electron chi connectivity index (χ3n) is 5.57. The summed E-state index contributed by atoms with van der Waals surface area (Å²) in [5.41, 5.74) is 1.71. The van der Waals surface area contributed by atoms with Crippen molar-refractivity contribution in [2.45, 2.75) is 25.7 Å². The number of ether oxygens (including phenoxy) is 2. The summed E-state index contributed by atoms with van der Waals surface area (Å²) < 4.78 is 36.4. The fourth-order valence-corrected chi connectivity index (χ4v) is 4.50. The molecule has 8 heteroatoms. The van der Waals surface area contributed by atoms with E-state index in [-0.39, 0.29) is 0 Å². The Kier molecular flexibility index (Phi) is 9.05. The molecule has 7 nitrogen and oxygen atoms in total. The second-order valence-electron chi connectivity index (χ2n) is 8.17. The van der Waals surface area contributed by atoms with E-state index in [1.807, 2.05) is 18.2 Å². The maximum atomic E-state index is 11.3. The van der Waals surface area contributed by atoms with Gasteiger partial charge in [-0.15, -0.1) is 0 Å². The van der Waals surface area contributed by atoms with Crippen LogP contribution >= 0.6 is 0 Å². The van der Waals surface area contributed by atoms with Crippen LogP contribution in [-0.2, 0) is 10.0 Å². The molecule has 1 saturated heterocycles. The van der Waals surface area contributed by atoms with Crippen molar-refractivity contribution in [2.24, 2.45) is 0 Å². The SMILES string of the molecule is COc1ccccc1N1CCN(CCCCCCOc2cccc(NS(C)(=O)=O)c2)CC1. The summed E-state index contributed by atoms with van der Waals surface area (Å²) in [7, 11) is -1.55. The molecule has 176 valence electrons. The number of nitrogens with one attached hydrogen (secondary N) is 1. The summed E-state index contributed by atoms with van der Waals surface area (Å²) >= 11 is 0. The average Bonchev–Trinajstić information content (AvgIpc) is 2.78. The lowest BCUT2D eigenvalue weighted by Crippen LogP contribution is -2.46. The Bertz CT molecular complexity index is 944. The number of piperazine rings is 1. The van der Waals surface area contributed by atoms with Crippen molar-refractivity contribution in [1.29, 1.82) is 0 Å². The van der Waals surface area contributed by atoms with E-state index < -0.39 is 10.0 Å². The first-order valence-electron chi connectivity index (χ1n) is 11.3. The van der Waals surface area contributed by atoms with Gasteiger partial charge in [-0.05, 0) is 43.7 Å². The summed E-state index contributed by atoms with van der Waals surface area (Å²) in [6.07, 6.45) is 5.64. The third-order valence-corrected chi connectivity index (χ3v) is 6.18. The van der Waals surface area contributed by atoms with Gasteiger partial charge >= 0.3 is 0 Å². The van der Waals surface area contributed by atoms with Crippen molar-refractivity contribution in [3.05, 3.63) is 48.5 Å². The number of benzene rings is 2. The second kappa shape index (κ2) is 12.0. The zero-order chi connectivity index (χ0) is 22.8. The molecule has 0 amide bonds. The number of nitrogens with zero attached hydrogens (tertiary/aromatic N) is 2. The van der Waals surface area contributed by atoms with Crippen LogP contribution in [-0.4, -0.2) is 66.0 Å². The lowest BCUT2D eigenvalue weighted by Gasteiger charge is -2.36. The van der Waals surface area contributed by atoms with Gasteiger partial charge in [-0.1, -0.05) is 31.0 Å². The molecular formula is C24H35N3O4S. The van der Waals surface area contributed by atoms with Gasteiger partial charge in [-0.3, -0.25) is 9.62 Å². The fraction of sp³-hybridized carbons (Fsp3) is 0.500. The molecule has 3 rings (SSSR count). The quantitative estimate of drug-likeness (QED) is 0.485. The zero-order valence-electron chi connectivity index (χ0n) is 19.1. The van der Waals surface area contributed by atoms with E-state index in [9.17, 15) is 8.42 Å². The molecule has 2 aromatic rings. The van der Waals surface area contributed by atoms with Crippen molar-refractivity contribution in [3.63, 3.8) is 0 Å². The largest absolute Gasteiger partial charge is 0.495 e. The van der Waals surface area contributed by atoms with E-state index >= 15 is 0 Å². The Morgan fingerprint density at radius 2 is 1.69 bits per heavy atom. The van der Waals surface area contributed by atoms with Crippen molar-refractivity contribution in [1.82, 2.24) is 4.90 Å². The molecule has 0 unspecified atom stereocenters. The minimum Gasteiger partial charge on any atom is -0.495 e. The molecule has 0 bridgehead atoms. The predicted molar refractivity (Wildman–Crippen MR) is 131 cm³/mol. The van der Waals surface area contributed by atoms with Crippen LogP contribution in [0.25, 0.3) is 0 Å². The van der Waals surface area contributed by atoms with E-state index in [0.29, 0.717) is 18.0 Å². The first kappa shape index (κ1) is 24.2. The van der Waals surface area contributed by atoms with Crippen LogP contribution in [0.3, 0.4) is 0 Å². The van der Waals surface area contributed by atoms with Crippen molar-refractivity contribution < 1.29 is 17.9 Å². The zero-order valence-corrected chi connectivity index (χ0v) is 19.9. The van der Waals surface area contributed by atoms with Crippen LogP contribution in [0.5, 0.6) is 11.5 Å². The lowest BCUT2D eigenvalue weighted by atomic mass is 10.1. The fourth-order valence-electron chi connectivity index (χ4n) is 3.95. The maximum Gasteiger partial charge on any atom is 0.229 e. The summed E-state index contributed by atoms with van der Waals surface area (Å²) in [5.74, 6) is 1.63. The number of hydrogen-bond acceptors (Lipinski definition) is 6. The second-order valence-corrected chi connectivity index (χ2v) is 9.91. The molecule has 0 spiro atoms. The van der Waals surface area contributed by atoms with Crippen molar-refractivity contribution >= 4 is 21.4 Å². The van der Waals surface area contributed by atoms with Crippen LogP contribution in [0.1, 0.15) is 25.7 Å². The van der Waals surface area contributed by atoms with Crippen LogP contribution in [0.2, 0.25) is 0 Å². The number of unbranched alkanes of at least 4 members (excludes halogenated alkanes) is 3. The monoisotopic (exact) mass is 461 g/mol. The minimum atomic E-state index is -3.28. The van der Waals surface area contributed by atoms with Gasteiger partial charge in [0, 0.05) is 32.2 Å². The van der Waals surface area contributed by atoms with E-state index in [2.05, 4.69) is 26.7 Å². The van der Waals surface area contributed by atoms with Gasteiger partial charge in [0.25, 0.3) is 0 Å². The molecule has 0 saturated carbocycles. The van der Waals surface area contributed by atoms with Crippen LogP contribution in [0.15, 0.2) is 48.5 Å². The summed E-state index contributed by atoms with van der Waals surface area (Å²) in [5, 5.41) is 0. The molecule has 32 heavy (non-hydrogen) atoms. The number of sulfonamides is 1. The maximum absolute atomic E-state index is 11.3. The Morgan fingerprint density at radius 1 is 0.938 bits per heavy atom. The predicted octanol–water partition coefficient (Wildman–Crippen LogP) is 3.83. The van der Waals surface area contributed by atoms with E-state index in [4.69, 9.17) is 9.47 Å². The topological polar surface area (TPSA) is 71.1 Å². The van der Waals surface area contributed by atoms with Crippen LogP contribution in [0, 0.1) is 0 Å². The van der Waals surface area contributed by atoms with Gasteiger partial charge < -0.3 is 14.4 Å². The number of para-hydroxylation sites is 2. The smallest absolute Gasteiger partial charge is 0.229 e. The molecule has 1 N–H and O–H groups in total. The molecule has 0 aliphatic carbocycles. The standard InChI is InChI=1S/C24H35N3O4S/c1-30-24-13-6-5-12-23(24)27-17-15-26(16-18-27)14-7-3-4-8-19-31-22-11-9-10-21(20-22)25-32(2,28)29/h5-6,9-13,20,25H,3-4,7-8,14-19H2,1-2H3. The minimum absolute atomic E-state index is 0.524. The van der Waals surface area contributed by atoms with E-state index in [1.165, 1.54) is 18.5 Å². The highest BCUT2D eigenvalue weighted by Gasteiger charge is 2.18.